The van der Waals surface area contributed by atoms with Gasteiger partial charge in [-0.05, 0) is 37.0 Å². The van der Waals surface area contributed by atoms with E-state index in [1.165, 1.54) is 5.56 Å². The zero-order chi connectivity index (χ0) is 10.2. The molecule has 2 heteroatoms. The average Bonchev–Trinajstić information content (AvgIpc) is 2.25. The van der Waals surface area contributed by atoms with Gasteiger partial charge in [-0.1, -0.05) is 12.1 Å². The molecule has 0 bridgehead atoms. The van der Waals surface area contributed by atoms with Crippen LogP contribution in [0.5, 0.6) is 5.75 Å². The van der Waals surface area contributed by atoms with Crippen LogP contribution in [0.1, 0.15) is 18.4 Å². The second kappa shape index (κ2) is 6.44. The molecule has 0 amide bonds. The lowest BCUT2D eigenvalue weighted by molar-refractivity contribution is 0.195. The van der Waals surface area contributed by atoms with E-state index in [2.05, 4.69) is 18.6 Å². The van der Waals surface area contributed by atoms with Gasteiger partial charge in [0.05, 0.1) is 7.11 Å². The van der Waals surface area contributed by atoms with Crippen LogP contribution in [0, 0.1) is 6.42 Å². The molecule has 0 atom stereocenters. The third kappa shape index (κ3) is 3.79. The number of benzene rings is 1. The molecule has 1 aromatic carbocycles. The van der Waals surface area contributed by atoms with Crippen LogP contribution in [0.3, 0.4) is 0 Å². The van der Waals surface area contributed by atoms with Gasteiger partial charge >= 0.3 is 0 Å². The van der Waals surface area contributed by atoms with Gasteiger partial charge in [0, 0.05) is 13.7 Å². The Balaban J connectivity index is 2.29. The van der Waals surface area contributed by atoms with E-state index in [9.17, 15) is 0 Å². The summed E-state index contributed by atoms with van der Waals surface area (Å²) in [6.45, 7) is 0.826. The number of hydrogen-bond acceptors (Lipinski definition) is 2. The zero-order valence-corrected chi connectivity index (χ0v) is 8.82. The van der Waals surface area contributed by atoms with Gasteiger partial charge in [0.1, 0.15) is 5.75 Å². The fraction of sp³-hybridized carbons (Fsp3) is 0.417. The first-order chi connectivity index (χ1) is 6.86. The highest BCUT2D eigenvalue weighted by atomic mass is 16.5. The molecule has 0 heterocycles. The minimum atomic E-state index is 0.826. The van der Waals surface area contributed by atoms with E-state index in [0.717, 1.165) is 25.2 Å². The summed E-state index contributed by atoms with van der Waals surface area (Å²) >= 11 is 0. The first kappa shape index (κ1) is 11.1. The number of hydrogen-bond donors (Lipinski definition) is 0. The Labute approximate surface area is 85.8 Å². The van der Waals surface area contributed by atoms with Crippen molar-refractivity contribution in [3.05, 3.63) is 36.2 Å². The van der Waals surface area contributed by atoms with Gasteiger partial charge < -0.3 is 9.47 Å². The fourth-order valence-corrected chi connectivity index (χ4v) is 1.24. The van der Waals surface area contributed by atoms with E-state index in [-0.39, 0.29) is 0 Å². The zero-order valence-electron chi connectivity index (χ0n) is 8.82. The fourth-order valence-electron chi connectivity index (χ4n) is 1.24. The summed E-state index contributed by atoms with van der Waals surface area (Å²) in [5, 5.41) is 0. The predicted octanol–water partition coefficient (Wildman–Crippen LogP) is 2.67. The average molecular weight is 193 g/mol. The standard InChI is InChI=1S/C12H17O2/c1-13-10-4-3-5-11-6-8-12(14-2)9-7-11/h5-9H,3-4,10H2,1-2H3. The summed E-state index contributed by atoms with van der Waals surface area (Å²) in [6.07, 6.45) is 4.33. The highest BCUT2D eigenvalue weighted by Crippen LogP contribution is 2.14. The monoisotopic (exact) mass is 193 g/mol. The summed E-state index contributed by atoms with van der Waals surface area (Å²) in [5.74, 6) is 0.902. The molecule has 0 aliphatic heterocycles. The Bertz CT molecular complexity index is 241. The Kier molecular flexibility index (Phi) is 5.08. The van der Waals surface area contributed by atoms with Gasteiger partial charge in [0.2, 0.25) is 0 Å². The minimum Gasteiger partial charge on any atom is -0.497 e. The second-order valence-corrected chi connectivity index (χ2v) is 3.11. The van der Waals surface area contributed by atoms with Crippen LogP contribution >= 0.6 is 0 Å². The molecule has 0 aromatic heterocycles. The third-order valence-electron chi connectivity index (χ3n) is 2.05. The second-order valence-electron chi connectivity index (χ2n) is 3.11. The van der Waals surface area contributed by atoms with Gasteiger partial charge in [-0.3, -0.25) is 0 Å². The molecule has 0 saturated carbocycles. The lowest BCUT2D eigenvalue weighted by Crippen LogP contribution is -1.90. The Hall–Kier alpha value is -1.02. The van der Waals surface area contributed by atoms with Crippen LogP contribution in [-0.2, 0) is 4.74 Å². The molecule has 1 aromatic rings. The molecule has 0 spiro atoms. The SMILES string of the molecule is COCCC[CH]c1ccc(OC)cc1. The molecule has 14 heavy (non-hydrogen) atoms. The number of rotatable bonds is 6. The molecule has 0 aliphatic carbocycles. The molecule has 0 saturated heterocycles. The largest absolute Gasteiger partial charge is 0.497 e. The predicted molar refractivity (Wildman–Crippen MR) is 57.5 cm³/mol. The van der Waals surface area contributed by atoms with Gasteiger partial charge in [0.15, 0.2) is 0 Å². The maximum Gasteiger partial charge on any atom is 0.118 e. The molecule has 2 nitrogen and oxygen atoms in total. The van der Waals surface area contributed by atoms with Gasteiger partial charge in [-0.15, -0.1) is 0 Å². The third-order valence-corrected chi connectivity index (χ3v) is 2.05. The van der Waals surface area contributed by atoms with E-state index in [1.54, 1.807) is 14.2 Å². The first-order valence-electron chi connectivity index (χ1n) is 4.83. The van der Waals surface area contributed by atoms with E-state index in [4.69, 9.17) is 9.47 Å². The molecule has 1 radical (unpaired) electrons. The number of unbranched alkanes of at least 4 members (excludes halogenated alkanes) is 1. The molecule has 1 rings (SSSR count). The molecular weight excluding hydrogens is 176 g/mol. The molecule has 0 fully saturated rings. The molecular formula is C12H17O2. The topological polar surface area (TPSA) is 18.5 Å². The quantitative estimate of drug-likeness (QED) is 0.647. The van der Waals surface area contributed by atoms with E-state index in [1.807, 2.05) is 12.1 Å². The summed E-state index contributed by atoms with van der Waals surface area (Å²) < 4.78 is 10.1. The van der Waals surface area contributed by atoms with Crippen molar-refractivity contribution in [2.45, 2.75) is 12.8 Å². The Morgan fingerprint density at radius 1 is 1.14 bits per heavy atom. The van der Waals surface area contributed by atoms with Crippen molar-refractivity contribution in [1.82, 2.24) is 0 Å². The lowest BCUT2D eigenvalue weighted by Gasteiger charge is -2.02. The van der Waals surface area contributed by atoms with Gasteiger partial charge in [0.25, 0.3) is 0 Å². The number of ether oxygens (including phenoxy) is 2. The summed E-state index contributed by atoms with van der Waals surface area (Å²) in [6, 6.07) is 8.07. The smallest absolute Gasteiger partial charge is 0.118 e. The van der Waals surface area contributed by atoms with Crippen molar-refractivity contribution in [2.75, 3.05) is 20.8 Å². The van der Waals surface area contributed by atoms with Gasteiger partial charge in [-0.25, -0.2) is 0 Å². The summed E-state index contributed by atoms with van der Waals surface area (Å²) in [5.41, 5.74) is 1.24. The van der Waals surface area contributed by atoms with E-state index < -0.39 is 0 Å². The van der Waals surface area contributed by atoms with Crippen LogP contribution < -0.4 is 4.74 Å². The number of methoxy groups -OCH3 is 2. The maximum absolute atomic E-state index is 5.08. The lowest BCUT2D eigenvalue weighted by atomic mass is 10.1. The van der Waals surface area contributed by atoms with Crippen LogP contribution in [0.15, 0.2) is 24.3 Å². The van der Waals surface area contributed by atoms with Crippen molar-refractivity contribution in [1.29, 1.82) is 0 Å². The van der Waals surface area contributed by atoms with Gasteiger partial charge in [-0.2, -0.15) is 0 Å². The van der Waals surface area contributed by atoms with Crippen molar-refractivity contribution in [3.63, 3.8) is 0 Å². The van der Waals surface area contributed by atoms with Crippen LogP contribution in [-0.4, -0.2) is 20.8 Å². The van der Waals surface area contributed by atoms with E-state index in [0.29, 0.717) is 0 Å². The Morgan fingerprint density at radius 3 is 2.43 bits per heavy atom. The highest BCUT2D eigenvalue weighted by molar-refractivity contribution is 5.30. The van der Waals surface area contributed by atoms with E-state index >= 15 is 0 Å². The summed E-state index contributed by atoms with van der Waals surface area (Å²) in [7, 11) is 3.41. The highest BCUT2D eigenvalue weighted by Gasteiger charge is 1.94. The normalized spacial score (nSPS) is 10.1. The van der Waals surface area contributed by atoms with Crippen molar-refractivity contribution < 1.29 is 9.47 Å². The van der Waals surface area contributed by atoms with Crippen molar-refractivity contribution in [3.8, 4) is 5.75 Å². The molecule has 0 N–H and O–H groups in total. The Morgan fingerprint density at radius 2 is 1.86 bits per heavy atom. The van der Waals surface area contributed by atoms with Crippen molar-refractivity contribution >= 4 is 0 Å². The van der Waals surface area contributed by atoms with Crippen LogP contribution in [0.4, 0.5) is 0 Å². The summed E-state index contributed by atoms with van der Waals surface area (Å²) in [4.78, 5) is 0. The molecule has 0 unspecified atom stereocenters. The van der Waals surface area contributed by atoms with Crippen LogP contribution in [0.2, 0.25) is 0 Å². The van der Waals surface area contributed by atoms with Crippen molar-refractivity contribution in [2.24, 2.45) is 0 Å². The first-order valence-corrected chi connectivity index (χ1v) is 4.83. The molecule has 0 aliphatic rings. The van der Waals surface area contributed by atoms with Crippen LogP contribution in [0.25, 0.3) is 0 Å². The minimum absolute atomic E-state index is 0.826. The maximum atomic E-state index is 5.08. The molecule has 77 valence electrons.